The summed E-state index contributed by atoms with van der Waals surface area (Å²) in [6.45, 7) is 4.00. The van der Waals surface area contributed by atoms with Crippen molar-refractivity contribution in [3.8, 4) is 67.3 Å². The van der Waals surface area contributed by atoms with Gasteiger partial charge in [-0.05, 0) is 81.9 Å². The van der Waals surface area contributed by atoms with Crippen LogP contribution >= 0.6 is 22.7 Å². The van der Waals surface area contributed by atoms with Gasteiger partial charge in [-0.15, -0.1) is 22.7 Å². The smallest absolute Gasteiger partial charge is 0.160 e. The molecule has 3 nitrogen and oxygen atoms in total. The van der Waals surface area contributed by atoms with Crippen LogP contribution in [0.1, 0.15) is 13.8 Å². The Kier molecular flexibility index (Phi) is 9.38. The van der Waals surface area contributed by atoms with E-state index in [1.165, 1.54) is 51.5 Å². The number of nitrogens with zero attached hydrogens (tertiary/aromatic N) is 3. The van der Waals surface area contributed by atoms with Gasteiger partial charge in [-0.2, -0.15) is 0 Å². The van der Waals surface area contributed by atoms with Gasteiger partial charge in [-0.3, -0.25) is 4.98 Å². The average molecular weight is 780 g/mol. The van der Waals surface area contributed by atoms with Crippen molar-refractivity contribution in [2.24, 2.45) is 0 Å². The topological polar surface area (TPSA) is 38.7 Å². The molecule has 0 aliphatic carbocycles. The highest BCUT2D eigenvalue weighted by Crippen LogP contribution is 2.45. The lowest BCUT2D eigenvalue weighted by Gasteiger charge is -2.14. The van der Waals surface area contributed by atoms with Crippen LogP contribution in [0, 0.1) is 0 Å². The summed E-state index contributed by atoms with van der Waals surface area (Å²) in [6.07, 6.45) is 3.66. The fourth-order valence-corrected chi connectivity index (χ4v) is 10.3. The number of rotatable bonds is 6. The van der Waals surface area contributed by atoms with Gasteiger partial charge in [0, 0.05) is 69.4 Å². The fourth-order valence-electron chi connectivity index (χ4n) is 7.87. The zero-order valence-electron chi connectivity index (χ0n) is 32.1. The Morgan fingerprint density at radius 1 is 0.345 bits per heavy atom. The lowest BCUT2D eigenvalue weighted by molar-refractivity contribution is 1.18. The van der Waals surface area contributed by atoms with E-state index in [-0.39, 0.29) is 0 Å². The Labute approximate surface area is 345 Å². The minimum atomic E-state index is 0.696. The molecule has 0 radical (unpaired) electrons. The zero-order valence-corrected chi connectivity index (χ0v) is 33.7. The molecule has 4 heterocycles. The van der Waals surface area contributed by atoms with E-state index in [0.717, 1.165) is 50.3 Å². The number of benzene rings is 7. The number of hydrogen-bond acceptors (Lipinski definition) is 5. The summed E-state index contributed by atoms with van der Waals surface area (Å²) in [5.74, 6) is 0.696. The first kappa shape index (κ1) is 35.6. The van der Waals surface area contributed by atoms with Crippen molar-refractivity contribution in [2.75, 3.05) is 0 Å². The zero-order chi connectivity index (χ0) is 39.0. The highest BCUT2D eigenvalue weighted by molar-refractivity contribution is 7.26. The normalized spacial score (nSPS) is 11.3. The summed E-state index contributed by atoms with van der Waals surface area (Å²) in [7, 11) is 0. The molecule has 0 N–H and O–H groups in total. The maximum atomic E-state index is 5.32. The van der Waals surface area contributed by atoms with Crippen molar-refractivity contribution in [3.05, 3.63) is 188 Å². The van der Waals surface area contributed by atoms with E-state index >= 15 is 0 Å². The highest BCUT2D eigenvalue weighted by Gasteiger charge is 2.18. The molecule has 276 valence electrons. The third-order valence-electron chi connectivity index (χ3n) is 10.6. The lowest BCUT2D eigenvalue weighted by Crippen LogP contribution is -1.96. The number of hydrogen-bond donors (Lipinski definition) is 0. The monoisotopic (exact) mass is 779 g/mol. The lowest BCUT2D eigenvalue weighted by atomic mass is 9.93. The summed E-state index contributed by atoms with van der Waals surface area (Å²) < 4.78 is 5.17. The molecule has 5 heteroatoms. The Morgan fingerprint density at radius 3 is 1.40 bits per heavy atom. The Hall–Kier alpha value is -6.79. The highest BCUT2D eigenvalue weighted by atomic mass is 32.1. The second-order valence-electron chi connectivity index (χ2n) is 14.0. The molecular weight excluding hydrogens is 743 g/mol. The van der Waals surface area contributed by atoms with E-state index in [0.29, 0.717) is 5.82 Å². The molecular formula is C53H37N3S2. The van der Waals surface area contributed by atoms with Gasteiger partial charge in [0.2, 0.25) is 0 Å². The van der Waals surface area contributed by atoms with Crippen LogP contribution in [0.5, 0.6) is 0 Å². The molecule has 0 aliphatic rings. The van der Waals surface area contributed by atoms with Crippen LogP contribution < -0.4 is 0 Å². The second-order valence-corrected chi connectivity index (χ2v) is 16.1. The van der Waals surface area contributed by atoms with Gasteiger partial charge in [0.05, 0.1) is 11.4 Å². The molecule has 0 aliphatic heterocycles. The van der Waals surface area contributed by atoms with E-state index in [2.05, 4.69) is 151 Å². The number of thiophene rings is 2. The van der Waals surface area contributed by atoms with E-state index < -0.39 is 0 Å². The maximum absolute atomic E-state index is 5.32. The predicted octanol–water partition coefficient (Wildman–Crippen LogP) is 15.6. The summed E-state index contributed by atoms with van der Waals surface area (Å²) >= 11 is 3.73. The molecule has 0 atom stereocenters. The first-order valence-corrected chi connectivity index (χ1v) is 21.3. The molecule has 58 heavy (non-hydrogen) atoms. The summed E-state index contributed by atoms with van der Waals surface area (Å²) in [4.78, 5) is 14.7. The molecule has 0 spiro atoms. The Morgan fingerprint density at radius 2 is 0.810 bits per heavy atom. The van der Waals surface area contributed by atoms with Crippen molar-refractivity contribution < 1.29 is 0 Å². The molecule has 11 aromatic rings. The van der Waals surface area contributed by atoms with Crippen LogP contribution in [0.25, 0.3) is 108 Å². The van der Waals surface area contributed by atoms with Crippen LogP contribution in [0.15, 0.2) is 188 Å². The van der Waals surface area contributed by atoms with Crippen LogP contribution in [-0.2, 0) is 0 Å². The SMILES string of the molecule is CC.c1ccc(-c2nc(-c3ccc(-c4ccncc4)cc3)cc(-c3cc(-c4cccc5c4sc4ccccc45)cc(-c4cccc5c4sc4ccccc45)c3)n2)cc1. The van der Waals surface area contributed by atoms with Crippen LogP contribution in [0.4, 0.5) is 0 Å². The molecule has 0 amide bonds. The first-order chi connectivity index (χ1) is 28.7. The van der Waals surface area contributed by atoms with Crippen molar-refractivity contribution in [3.63, 3.8) is 0 Å². The molecule has 11 rings (SSSR count). The second kappa shape index (κ2) is 15.3. The first-order valence-electron chi connectivity index (χ1n) is 19.7. The minimum Gasteiger partial charge on any atom is -0.265 e. The molecule has 0 unspecified atom stereocenters. The summed E-state index contributed by atoms with van der Waals surface area (Å²) in [5, 5.41) is 5.16. The van der Waals surface area contributed by atoms with Gasteiger partial charge in [-0.25, -0.2) is 9.97 Å². The number of aromatic nitrogens is 3. The van der Waals surface area contributed by atoms with E-state index in [4.69, 9.17) is 9.97 Å². The third kappa shape index (κ3) is 6.45. The van der Waals surface area contributed by atoms with E-state index in [1.54, 1.807) is 0 Å². The van der Waals surface area contributed by atoms with Gasteiger partial charge in [0.1, 0.15) is 0 Å². The van der Waals surface area contributed by atoms with Gasteiger partial charge >= 0.3 is 0 Å². The van der Waals surface area contributed by atoms with Crippen molar-refractivity contribution in [2.45, 2.75) is 13.8 Å². The maximum Gasteiger partial charge on any atom is 0.160 e. The molecule has 0 saturated carbocycles. The van der Waals surface area contributed by atoms with Gasteiger partial charge in [0.15, 0.2) is 5.82 Å². The minimum absolute atomic E-state index is 0.696. The summed E-state index contributed by atoms with van der Waals surface area (Å²) in [6, 6.07) is 63.1. The van der Waals surface area contributed by atoms with Crippen LogP contribution in [0.3, 0.4) is 0 Å². The van der Waals surface area contributed by atoms with Crippen molar-refractivity contribution in [1.82, 2.24) is 15.0 Å². The Balaban J connectivity index is 0.00000201. The molecule has 0 fully saturated rings. The fraction of sp³-hybridized carbons (Fsp3) is 0.0377. The third-order valence-corrected chi connectivity index (χ3v) is 13.1. The predicted molar refractivity (Wildman–Crippen MR) is 250 cm³/mol. The summed E-state index contributed by atoms with van der Waals surface area (Å²) in [5.41, 5.74) is 11.8. The van der Waals surface area contributed by atoms with E-state index in [1.807, 2.05) is 79.2 Å². The molecule has 7 aromatic carbocycles. The van der Waals surface area contributed by atoms with Crippen molar-refractivity contribution in [1.29, 1.82) is 0 Å². The Bertz CT molecular complexity index is 3110. The standard InChI is InChI=1S/C51H31N3S2.C2H6/c1-2-10-35(11-3-1)51-53-45(34-22-20-32(21-23-34)33-24-26-52-27-25-33)31-46(54-51)38-29-36(39-14-8-16-43-41-12-4-6-18-47(41)55-49(39)43)28-37(30-38)40-15-9-17-44-42-13-5-7-19-48(42)56-50(40)44;1-2/h1-31H;1-2H3. The van der Waals surface area contributed by atoms with Crippen LogP contribution in [-0.4, -0.2) is 15.0 Å². The molecule has 0 bridgehead atoms. The quantitative estimate of drug-likeness (QED) is 0.169. The van der Waals surface area contributed by atoms with Gasteiger partial charge in [0.25, 0.3) is 0 Å². The van der Waals surface area contributed by atoms with Gasteiger partial charge in [-0.1, -0.05) is 141 Å². The average Bonchev–Trinajstić information content (AvgIpc) is 3.89. The molecule has 0 saturated heterocycles. The molecule has 4 aromatic heterocycles. The van der Waals surface area contributed by atoms with E-state index in [9.17, 15) is 0 Å². The largest absolute Gasteiger partial charge is 0.265 e. The van der Waals surface area contributed by atoms with Gasteiger partial charge < -0.3 is 0 Å². The number of pyridine rings is 1. The number of fused-ring (bicyclic) bond motifs is 6. The van der Waals surface area contributed by atoms with Crippen molar-refractivity contribution >= 4 is 63.0 Å². The van der Waals surface area contributed by atoms with Crippen LogP contribution in [0.2, 0.25) is 0 Å².